The predicted molar refractivity (Wildman–Crippen MR) is 128 cm³/mol. The van der Waals surface area contributed by atoms with Gasteiger partial charge in [0.25, 0.3) is 0 Å². The Bertz CT molecular complexity index is 984. The van der Waals surface area contributed by atoms with Crippen LogP contribution >= 0.6 is 0 Å². The van der Waals surface area contributed by atoms with E-state index in [1.807, 2.05) is 47.4 Å². The van der Waals surface area contributed by atoms with E-state index in [9.17, 15) is 9.59 Å². The fraction of sp³-hybridized carbons (Fsp3) is 0.462. The topological polar surface area (TPSA) is 62.3 Å². The molecule has 2 heterocycles. The predicted octanol–water partition coefficient (Wildman–Crippen LogP) is 3.22. The van der Waals surface area contributed by atoms with E-state index in [0.29, 0.717) is 26.2 Å². The van der Waals surface area contributed by atoms with E-state index < -0.39 is 0 Å². The molecule has 2 aliphatic heterocycles. The maximum atomic E-state index is 13.1. The normalized spacial score (nSPS) is 18.8. The second kappa shape index (κ2) is 10.3. The summed E-state index contributed by atoms with van der Waals surface area (Å²) in [4.78, 5) is 31.0. The first-order valence-electron chi connectivity index (χ1n) is 11.7. The number of rotatable bonds is 6. The molecule has 0 saturated carbocycles. The van der Waals surface area contributed by atoms with Crippen molar-refractivity contribution in [3.63, 3.8) is 0 Å². The molecule has 1 saturated heterocycles. The van der Waals surface area contributed by atoms with Gasteiger partial charge < -0.3 is 19.3 Å². The standard InChI is InChI=1S/C26H33N3O4/c1-4-23-17-27(16-21-15-24(32-3)9-10-25(21)33-23)18-26(31)29-13-11-28(12-14-29)22-7-5-20(6-8-22)19(2)30/h5-10,15,23H,4,11-14,16-18H2,1-3H3/t23-/m0/s1. The van der Waals surface area contributed by atoms with Gasteiger partial charge in [0, 0.05) is 56.1 Å². The number of carbonyl (C=O) groups is 2. The molecule has 1 atom stereocenters. The lowest BCUT2D eigenvalue weighted by Crippen LogP contribution is -2.51. The molecule has 1 amide bonds. The Kier molecular flexibility index (Phi) is 7.18. The molecule has 0 unspecified atom stereocenters. The lowest BCUT2D eigenvalue weighted by molar-refractivity contribution is -0.133. The van der Waals surface area contributed by atoms with Gasteiger partial charge in [-0.15, -0.1) is 0 Å². The molecule has 7 heteroatoms. The summed E-state index contributed by atoms with van der Waals surface area (Å²) in [6.45, 7) is 8.41. The van der Waals surface area contributed by atoms with Gasteiger partial charge in [0.15, 0.2) is 5.78 Å². The van der Waals surface area contributed by atoms with Crippen molar-refractivity contribution in [1.29, 1.82) is 0 Å². The molecule has 0 aliphatic carbocycles. The van der Waals surface area contributed by atoms with E-state index in [1.165, 1.54) is 0 Å². The van der Waals surface area contributed by atoms with Crippen LogP contribution in [0.25, 0.3) is 0 Å². The van der Waals surface area contributed by atoms with Gasteiger partial charge in [-0.25, -0.2) is 0 Å². The minimum absolute atomic E-state index is 0.0577. The first-order valence-corrected chi connectivity index (χ1v) is 11.7. The van der Waals surface area contributed by atoms with E-state index in [1.54, 1.807) is 14.0 Å². The van der Waals surface area contributed by atoms with Gasteiger partial charge >= 0.3 is 0 Å². The van der Waals surface area contributed by atoms with Gasteiger partial charge in [-0.05, 0) is 55.8 Å². The minimum atomic E-state index is 0.0577. The van der Waals surface area contributed by atoms with E-state index in [0.717, 1.165) is 54.4 Å². The zero-order chi connectivity index (χ0) is 23.4. The van der Waals surface area contributed by atoms with E-state index >= 15 is 0 Å². The van der Waals surface area contributed by atoms with Crippen LogP contribution in [0.2, 0.25) is 0 Å². The van der Waals surface area contributed by atoms with Crippen LogP contribution in [0.1, 0.15) is 36.2 Å². The van der Waals surface area contributed by atoms with Gasteiger partial charge in [0.05, 0.1) is 13.7 Å². The zero-order valence-electron chi connectivity index (χ0n) is 19.8. The molecule has 4 rings (SSSR count). The molecular formula is C26H33N3O4. The molecule has 33 heavy (non-hydrogen) atoms. The number of piperazine rings is 1. The number of amides is 1. The first-order chi connectivity index (χ1) is 16.0. The van der Waals surface area contributed by atoms with E-state index in [-0.39, 0.29) is 17.8 Å². The minimum Gasteiger partial charge on any atom is -0.497 e. The summed E-state index contributed by atoms with van der Waals surface area (Å²) in [6, 6.07) is 13.6. The lowest BCUT2D eigenvalue weighted by Gasteiger charge is -2.37. The van der Waals surface area contributed by atoms with Crippen molar-refractivity contribution in [3.05, 3.63) is 53.6 Å². The molecular weight excluding hydrogens is 418 g/mol. The highest BCUT2D eigenvalue weighted by Gasteiger charge is 2.27. The van der Waals surface area contributed by atoms with Gasteiger partial charge in [-0.1, -0.05) is 6.92 Å². The summed E-state index contributed by atoms with van der Waals surface area (Å²) in [7, 11) is 1.66. The first kappa shape index (κ1) is 23.1. The highest BCUT2D eigenvalue weighted by molar-refractivity contribution is 5.94. The Hall–Kier alpha value is -3.06. The Balaban J connectivity index is 1.36. The second-order valence-electron chi connectivity index (χ2n) is 8.76. The number of ketones is 1. The molecule has 0 aromatic heterocycles. The van der Waals surface area contributed by atoms with Crippen molar-refractivity contribution in [2.45, 2.75) is 32.9 Å². The molecule has 0 spiro atoms. The van der Waals surface area contributed by atoms with Crippen LogP contribution in [0.4, 0.5) is 5.69 Å². The van der Waals surface area contributed by atoms with Gasteiger partial charge in [0.1, 0.15) is 17.6 Å². The Morgan fingerprint density at radius 1 is 1.06 bits per heavy atom. The summed E-state index contributed by atoms with van der Waals surface area (Å²) < 4.78 is 11.6. The third-order valence-corrected chi connectivity index (χ3v) is 6.50. The fourth-order valence-corrected chi connectivity index (χ4v) is 4.48. The zero-order valence-corrected chi connectivity index (χ0v) is 19.8. The van der Waals surface area contributed by atoms with E-state index in [2.05, 4.69) is 16.7 Å². The van der Waals surface area contributed by atoms with Crippen LogP contribution in [0, 0.1) is 0 Å². The highest BCUT2D eigenvalue weighted by atomic mass is 16.5. The molecule has 0 N–H and O–H groups in total. The van der Waals surface area contributed by atoms with Crippen molar-refractivity contribution >= 4 is 17.4 Å². The maximum Gasteiger partial charge on any atom is 0.236 e. The third-order valence-electron chi connectivity index (χ3n) is 6.50. The Morgan fingerprint density at radius 2 is 1.79 bits per heavy atom. The molecule has 176 valence electrons. The largest absolute Gasteiger partial charge is 0.497 e. The molecule has 2 aliphatic rings. The van der Waals surface area contributed by atoms with Crippen molar-refractivity contribution in [1.82, 2.24) is 9.80 Å². The van der Waals surface area contributed by atoms with Crippen LogP contribution in [0.5, 0.6) is 11.5 Å². The number of benzene rings is 2. The monoisotopic (exact) mass is 451 g/mol. The van der Waals surface area contributed by atoms with Gasteiger partial charge in [-0.3, -0.25) is 14.5 Å². The SMILES string of the molecule is CC[C@H]1CN(CC(=O)N2CCN(c3ccc(C(C)=O)cc3)CC2)Cc2cc(OC)ccc2O1. The van der Waals surface area contributed by atoms with Crippen LogP contribution in [-0.2, 0) is 11.3 Å². The van der Waals surface area contributed by atoms with Crippen molar-refractivity contribution < 1.29 is 19.1 Å². The molecule has 1 fully saturated rings. The number of methoxy groups -OCH3 is 1. The number of hydrogen-bond acceptors (Lipinski definition) is 6. The number of hydrogen-bond donors (Lipinski definition) is 0. The second-order valence-corrected chi connectivity index (χ2v) is 8.76. The third kappa shape index (κ3) is 5.47. The summed E-state index contributed by atoms with van der Waals surface area (Å²) in [5.74, 6) is 1.90. The summed E-state index contributed by atoms with van der Waals surface area (Å²) in [5.41, 5.74) is 2.86. The molecule has 0 radical (unpaired) electrons. The van der Waals surface area contributed by atoms with Crippen molar-refractivity contribution in [2.75, 3.05) is 51.3 Å². The fourth-order valence-electron chi connectivity index (χ4n) is 4.48. The summed E-state index contributed by atoms with van der Waals surface area (Å²) in [6.07, 6.45) is 0.944. The van der Waals surface area contributed by atoms with Gasteiger partial charge in [-0.2, -0.15) is 0 Å². The van der Waals surface area contributed by atoms with Crippen molar-refractivity contribution in [2.24, 2.45) is 0 Å². The summed E-state index contributed by atoms with van der Waals surface area (Å²) in [5, 5.41) is 0. The van der Waals surface area contributed by atoms with Crippen LogP contribution < -0.4 is 14.4 Å². The van der Waals surface area contributed by atoms with Crippen LogP contribution in [0.15, 0.2) is 42.5 Å². The number of Topliss-reactive ketones (excluding diaryl/α,β-unsaturated/α-hetero) is 1. The lowest BCUT2D eigenvalue weighted by atomic mass is 10.1. The number of nitrogens with zero attached hydrogens (tertiary/aromatic N) is 3. The number of anilines is 1. The van der Waals surface area contributed by atoms with Crippen LogP contribution in [0.3, 0.4) is 0 Å². The number of fused-ring (bicyclic) bond motifs is 1. The average Bonchev–Trinajstić information content (AvgIpc) is 3.02. The molecule has 2 aromatic carbocycles. The summed E-state index contributed by atoms with van der Waals surface area (Å²) >= 11 is 0. The number of ether oxygens (including phenoxy) is 2. The smallest absolute Gasteiger partial charge is 0.236 e. The molecule has 7 nitrogen and oxygen atoms in total. The highest BCUT2D eigenvalue weighted by Crippen LogP contribution is 2.29. The maximum absolute atomic E-state index is 13.1. The average molecular weight is 452 g/mol. The Morgan fingerprint density at radius 3 is 2.42 bits per heavy atom. The quantitative estimate of drug-likeness (QED) is 0.629. The number of carbonyl (C=O) groups excluding carboxylic acids is 2. The van der Waals surface area contributed by atoms with E-state index in [4.69, 9.17) is 9.47 Å². The molecule has 2 aromatic rings. The van der Waals surface area contributed by atoms with Crippen LogP contribution in [-0.4, -0.2) is 74.0 Å². The van der Waals surface area contributed by atoms with Crippen molar-refractivity contribution in [3.8, 4) is 11.5 Å². The Labute approximate surface area is 195 Å². The molecule has 0 bridgehead atoms. The van der Waals surface area contributed by atoms with Gasteiger partial charge in [0.2, 0.25) is 5.91 Å².